The van der Waals surface area contributed by atoms with Crippen LogP contribution in [-0.2, 0) is 6.18 Å². The quantitative estimate of drug-likeness (QED) is 0.779. The summed E-state index contributed by atoms with van der Waals surface area (Å²) in [6.07, 6.45) is 2.51. The van der Waals surface area contributed by atoms with Crippen LogP contribution in [0.2, 0.25) is 0 Å². The summed E-state index contributed by atoms with van der Waals surface area (Å²) in [5.74, 6) is 0.0137. The third-order valence-corrected chi connectivity index (χ3v) is 4.75. The van der Waals surface area contributed by atoms with Gasteiger partial charge in [-0.3, -0.25) is 0 Å². The summed E-state index contributed by atoms with van der Waals surface area (Å²) in [6.45, 7) is 1.67. The number of alkyl halides is 3. The second-order valence-electron chi connectivity index (χ2n) is 7.18. The van der Waals surface area contributed by atoms with Crippen molar-refractivity contribution in [1.29, 1.82) is 0 Å². The minimum Gasteiger partial charge on any atom is -0.390 e. The van der Waals surface area contributed by atoms with E-state index in [9.17, 15) is 18.3 Å². The molecule has 1 heterocycles. The summed E-state index contributed by atoms with van der Waals surface area (Å²) >= 11 is 0. The Morgan fingerprint density at radius 2 is 1.79 bits per heavy atom. The van der Waals surface area contributed by atoms with Crippen molar-refractivity contribution in [2.24, 2.45) is 0 Å². The molecule has 0 spiro atoms. The van der Waals surface area contributed by atoms with Gasteiger partial charge in [-0.2, -0.15) is 18.2 Å². The Morgan fingerprint density at radius 3 is 2.38 bits per heavy atom. The summed E-state index contributed by atoms with van der Waals surface area (Å²) in [7, 11) is 0. The first-order valence-electron chi connectivity index (χ1n) is 8.43. The molecule has 2 fully saturated rings. The molecule has 24 heavy (non-hydrogen) atoms. The van der Waals surface area contributed by atoms with Crippen molar-refractivity contribution < 1.29 is 18.3 Å². The van der Waals surface area contributed by atoms with Gasteiger partial charge in [0, 0.05) is 18.3 Å². The Labute approximate surface area is 139 Å². The van der Waals surface area contributed by atoms with E-state index in [1.165, 1.54) is 6.42 Å². The molecule has 0 saturated heterocycles. The molecule has 0 bridgehead atoms. The number of halogens is 3. The normalized spacial score (nSPS) is 28.3. The fraction of sp³-hybridized carbons (Fsp3) is 0.750. The Balaban J connectivity index is 1.75. The van der Waals surface area contributed by atoms with Crippen molar-refractivity contribution in [3.8, 4) is 0 Å². The van der Waals surface area contributed by atoms with E-state index in [0.717, 1.165) is 31.9 Å². The number of aliphatic hydroxyl groups is 1. The molecule has 0 atom stereocenters. The average molecular weight is 344 g/mol. The summed E-state index contributed by atoms with van der Waals surface area (Å²) < 4.78 is 39.5. The predicted molar refractivity (Wildman–Crippen MR) is 84.8 cm³/mol. The maximum Gasteiger partial charge on any atom is 0.421 e. The van der Waals surface area contributed by atoms with Gasteiger partial charge in [-0.1, -0.05) is 19.3 Å². The van der Waals surface area contributed by atoms with Crippen LogP contribution < -0.4 is 10.6 Å². The molecule has 5 nitrogen and oxygen atoms in total. The molecule has 0 unspecified atom stereocenters. The lowest BCUT2D eigenvalue weighted by atomic mass is 9.77. The largest absolute Gasteiger partial charge is 0.421 e. The van der Waals surface area contributed by atoms with Crippen LogP contribution in [0.15, 0.2) is 6.20 Å². The Hall–Kier alpha value is -1.57. The second kappa shape index (κ2) is 6.38. The molecule has 134 valence electrons. The smallest absolute Gasteiger partial charge is 0.390 e. The molecule has 0 aliphatic heterocycles. The van der Waals surface area contributed by atoms with E-state index in [-0.39, 0.29) is 23.8 Å². The number of rotatable bonds is 4. The molecule has 8 heteroatoms. The molecule has 3 N–H and O–H groups in total. The fourth-order valence-electron chi connectivity index (χ4n) is 3.50. The maximum absolute atomic E-state index is 13.2. The van der Waals surface area contributed by atoms with Gasteiger partial charge in [-0.25, -0.2) is 4.98 Å². The average Bonchev–Trinajstić information content (AvgIpc) is 2.45. The highest BCUT2D eigenvalue weighted by molar-refractivity contribution is 5.50. The van der Waals surface area contributed by atoms with Crippen LogP contribution >= 0.6 is 0 Å². The van der Waals surface area contributed by atoms with Crippen LogP contribution in [0.4, 0.5) is 24.9 Å². The minimum absolute atomic E-state index is 0.210. The van der Waals surface area contributed by atoms with Crippen molar-refractivity contribution in [2.45, 2.75) is 75.7 Å². The monoisotopic (exact) mass is 344 g/mol. The van der Waals surface area contributed by atoms with E-state index in [0.29, 0.717) is 12.8 Å². The van der Waals surface area contributed by atoms with E-state index in [1.54, 1.807) is 6.92 Å². The van der Waals surface area contributed by atoms with Crippen LogP contribution in [0.1, 0.15) is 57.4 Å². The van der Waals surface area contributed by atoms with Gasteiger partial charge < -0.3 is 15.7 Å². The highest BCUT2D eigenvalue weighted by Crippen LogP contribution is 2.38. The molecule has 0 amide bonds. The van der Waals surface area contributed by atoms with E-state index in [4.69, 9.17) is 0 Å². The highest BCUT2D eigenvalue weighted by atomic mass is 19.4. The van der Waals surface area contributed by atoms with Gasteiger partial charge in [0.2, 0.25) is 5.95 Å². The van der Waals surface area contributed by atoms with Crippen LogP contribution in [-0.4, -0.2) is 32.8 Å². The van der Waals surface area contributed by atoms with E-state index < -0.39 is 17.3 Å². The molecule has 0 aromatic carbocycles. The molecule has 1 aromatic rings. The standard InChI is InChI=1S/C16H23F3N4O/c1-15(24)7-11(8-15)21-13-12(16(17,18)19)9-20-14(23-13)22-10-5-3-2-4-6-10/h9-11,24H,2-8H2,1H3,(H2,20,21,22,23). The van der Waals surface area contributed by atoms with Gasteiger partial charge in [0.05, 0.1) is 5.60 Å². The van der Waals surface area contributed by atoms with Gasteiger partial charge in [0.15, 0.2) is 0 Å². The van der Waals surface area contributed by atoms with Gasteiger partial charge >= 0.3 is 6.18 Å². The minimum atomic E-state index is -4.52. The number of nitrogens with one attached hydrogen (secondary N) is 2. The van der Waals surface area contributed by atoms with Crippen molar-refractivity contribution in [1.82, 2.24) is 9.97 Å². The lowest BCUT2D eigenvalue weighted by Gasteiger charge is -2.41. The fourth-order valence-corrected chi connectivity index (χ4v) is 3.50. The number of hydrogen-bond donors (Lipinski definition) is 3. The lowest BCUT2D eigenvalue weighted by molar-refractivity contribution is -0.137. The molecule has 3 rings (SSSR count). The molecule has 1 aromatic heterocycles. The number of aromatic nitrogens is 2. The lowest BCUT2D eigenvalue weighted by Crippen LogP contribution is -2.48. The number of nitrogens with zero attached hydrogens (tertiary/aromatic N) is 2. The zero-order valence-corrected chi connectivity index (χ0v) is 13.7. The summed E-state index contributed by atoms with van der Waals surface area (Å²) in [6, 6.07) is 0.00584. The predicted octanol–water partition coefficient (Wildman–Crippen LogP) is 3.57. The van der Waals surface area contributed by atoms with E-state index in [2.05, 4.69) is 20.6 Å². The van der Waals surface area contributed by atoms with Crippen molar-refractivity contribution in [2.75, 3.05) is 10.6 Å². The van der Waals surface area contributed by atoms with Gasteiger partial charge in [0.1, 0.15) is 11.4 Å². The third kappa shape index (κ3) is 4.09. The van der Waals surface area contributed by atoms with Crippen molar-refractivity contribution >= 4 is 11.8 Å². The number of hydrogen-bond acceptors (Lipinski definition) is 5. The van der Waals surface area contributed by atoms with Crippen LogP contribution in [0.25, 0.3) is 0 Å². The second-order valence-corrected chi connectivity index (χ2v) is 7.18. The molecule has 2 aliphatic rings. The Bertz CT molecular complexity index is 577. The van der Waals surface area contributed by atoms with E-state index in [1.807, 2.05) is 0 Å². The highest BCUT2D eigenvalue weighted by Gasteiger charge is 2.41. The molecular formula is C16H23F3N4O. The van der Waals surface area contributed by atoms with Gasteiger partial charge in [0.25, 0.3) is 0 Å². The topological polar surface area (TPSA) is 70.1 Å². The van der Waals surface area contributed by atoms with Crippen LogP contribution in [0.3, 0.4) is 0 Å². The van der Waals surface area contributed by atoms with E-state index >= 15 is 0 Å². The molecular weight excluding hydrogens is 321 g/mol. The molecule has 2 saturated carbocycles. The Morgan fingerprint density at radius 1 is 1.12 bits per heavy atom. The summed E-state index contributed by atoms with van der Waals surface area (Å²) in [4.78, 5) is 7.92. The summed E-state index contributed by atoms with van der Waals surface area (Å²) in [5.41, 5.74) is -1.69. The van der Waals surface area contributed by atoms with Crippen LogP contribution in [0, 0.1) is 0 Å². The Kier molecular flexibility index (Phi) is 4.59. The zero-order valence-electron chi connectivity index (χ0n) is 13.7. The molecule has 2 aliphatic carbocycles. The first-order valence-corrected chi connectivity index (χ1v) is 8.43. The van der Waals surface area contributed by atoms with Gasteiger partial charge in [-0.05, 0) is 32.6 Å². The first-order chi connectivity index (χ1) is 11.2. The van der Waals surface area contributed by atoms with Crippen LogP contribution in [0.5, 0.6) is 0 Å². The zero-order chi connectivity index (χ0) is 17.4. The first kappa shape index (κ1) is 17.3. The molecule has 0 radical (unpaired) electrons. The maximum atomic E-state index is 13.2. The summed E-state index contributed by atoms with van der Waals surface area (Å²) in [5, 5.41) is 15.7. The SMILES string of the molecule is CC1(O)CC(Nc2nc(NC3CCCCC3)ncc2C(F)(F)F)C1. The number of anilines is 2. The van der Waals surface area contributed by atoms with Crippen molar-refractivity contribution in [3.05, 3.63) is 11.8 Å². The third-order valence-electron chi connectivity index (χ3n) is 4.75. The van der Waals surface area contributed by atoms with Gasteiger partial charge in [-0.15, -0.1) is 0 Å². The van der Waals surface area contributed by atoms with Crippen molar-refractivity contribution in [3.63, 3.8) is 0 Å².